The highest BCUT2D eigenvalue weighted by Crippen LogP contribution is 2.36. The number of halogens is 2. The van der Waals surface area contributed by atoms with Crippen molar-refractivity contribution in [2.24, 2.45) is 0 Å². The summed E-state index contributed by atoms with van der Waals surface area (Å²) in [7, 11) is 1.38. The smallest absolute Gasteiger partial charge is 0.355 e. The van der Waals surface area contributed by atoms with Crippen molar-refractivity contribution in [3.63, 3.8) is 0 Å². The quantitative estimate of drug-likeness (QED) is 0.503. The number of carbonyl (C=O) groups is 1. The third-order valence-electron chi connectivity index (χ3n) is 4.34. The molecule has 1 heterocycles. The lowest BCUT2D eigenvalue weighted by atomic mass is 10.0. The molecule has 0 atom stereocenters. The number of aryl methyl sites for hydroxylation is 3. The molecule has 0 saturated heterocycles. The molecule has 0 saturated carbocycles. The minimum Gasteiger partial charge on any atom is -0.464 e. The van der Waals surface area contributed by atoms with E-state index in [9.17, 15) is 4.79 Å². The highest BCUT2D eigenvalue weighted by molar-refractivity contribution is 6.35. The number of carbonyl (C=O) groups excluding carboxylic acids is 1. The van der Waals surface area contributed by atoms with Crippen LogP contribution in [0.25, 0.3) is 16.9 Å². The topological polar surface area (TPSA) is 31.2 Å². The summed E-state index contributed by atoms with van der Waals surface area (Å²) in [6.07, 6.45) is 0. The summed E-state index contributed by atoms with van der Waals surface area (Å²) in [5.41, 5.74) is 6.20. The largest absolute Gasteiger partial charge is 0.464 e. The number of esters is 1. The van der Waals surface area contributed by atoms with E-state index < -0.39 is 5.97 Å². The predicted octanol–water partition coefficient (Wildman–Crippen LogP) is 6.16. The third kappa shape index (κ3) is 3.25. The first-order chi connectivity index (χ1) is 12.3. The first kappa shape index (κ1) is 18.6. The molecule has 0 spiro atoms. The van der Waals surface area contributed by atoms with Crippen LogP contribution in [-0.2, 0) is 4.74 Å². The molecule has 1 aromatic heterocycles. The Balaban J connectivity index is 2.38. The second kappa shape index (κ2) is 7.18. The summed E-state index contributed by atoms with van der Waals surface area (Å²) in [4.78, 5) is 12.4. The summed E-state index contributed by atoms with van der Waals surface area (Å²) in [6.45, 7) is 6.11. The van der Waals surface area contributed by atoms with Gasteiger partial charge in [0.15, 0.2) is 0 Å². The molecule has 3 rings (SSSR count). The maximum atomic E-state index is 12.4. The lowest BCUT2D eigenvalue weighted by Gasteiger charge is -2.19. The van der Waals surface area contributed by atoms with Gasteiger partial charge >= 0.3 is 5.97 Å². The molecule has 3 nitrogen and oxygen atoms in total. The summed E-state index contributed by atoms with van der Waals surface area (Å²) in [5, 5.41) is 1.14. The number of nitrogens with zero attached hydrogens (tertiary/aromatic N) is 1. The van der Waals surface area contributed by atoms with Crippen LogP contribution in [-0.4, -0.2) is 17.6 Å². The van der Waals surface area contributed by atoms with Crippen LogP contribution >= 0.6 is 23.2 Å². The van der Waals surface area contributed by atoms with Gasteiger partial charge in [0.25, 0.3) is 0 Å². The van der Waals surface area contributed by atoms with Gasteiger partial charge in [-0.25, -0.2) is 4.79 Å². The van der Waals surface area contributed by atoms with Crippen molar-refractivity contribution in [2.45, 2.75) is 20.8 Å². The van der Waals surface area contributed by atoms with Crippen molar-refractivity contribution >= 4 is 29.2 Å². The second-order valence-electron chi connectivity index (χ2n) is 6.30. The van der Waals surface area contributed by atoms with Crippen LogP contribution in [0, 0.1) is 20.8 Å². The normalized spacial score (nSPS) is 10.8. The van der Waals surface area contributed by atoms with Gasteiger partial charge in [-0.1, -0.05) is 40.9 Å². The van der Waals surface area contributed by atoms with Crippen molar-refractivity contribution in [2.75, 3.05) is 7.11 Å². The Morgan fingerprint density at radius 2 is 1.62 bits per heavy atom. The molecule has 0 amide bonds. The minimum atomic E-state index is -0.409. The van der Waals surface area contributed by atoms with Crippen molar-refractivity contribution < 1.29 is 9.53 Å². The number of hydrogen-bond donors (Lipinski definition) is 0. The summed E-state index contributed by atoms with van der Waals surface area (Å²) in [6, 6.07) is 13.1. The number of rotatable bonds is 3. The Kier molecular flexibility index (Phi) is 5.12. The molecule has 0 radical (unpaired) electrons. The fourth-order valence-corrected chi connectivity index (χ4v) is 3.76. The van der Waals surface area contributed by atoms with Crippen LogP contribution in [0.2, 0.25) is 10.0 Å². The van der Waals surface area contributed by atoms with Gasteiger partial charge in [0.05, 0.1) is 18.5 Å². The molecule has 0 aliphatic heterocycles. The van der Waals surface area contributed by atoms with E-state index in [1.807, 2.05) is 24.5 Å². The summed E-state index contributed by atoms with van der Waals surface area (Å²) in [5.74, 6) is -0.409. The molecule has 134 valence electrons. The van der Waals surface area contributed by atoms with Crippen LogP contribution in [0.5, 0.6) is 0 Å². The molecule has 5 heteroatoms. The maximum absolute atomic E-state index is 12.4. The van der Waals surface area contributed by atoms with E-state index in [1.54, 1.807) is 24.3 Å². The lowest BCUT2D eigenvalue weighted by Crippen LogP contribution is -2.12. The van der Waals surface area contributed by atoms with Gasteiger partial charge < -0.3 is 9.30 Å². The molecule has 3 aromatic rings. The molecule has 0 unspecified atom stereocenters. The monoisotopic (exact) mass is 387 g/mol. The van der Waals surface area contributed by atoms with Gasteiger partial charge in [-0.3, -0.25) is 0 Å². The van der Waals surface area contributed by atoms with Gasteiger partial charge in [0, 0.05) is 15.6 Å². The van der Waals surface area contributed by atoms with Gasteiger partial charge in [0.1, 0.15) is 5.69 Å². The summed E-state index contributed by atoms with van der Waals surface area (Å²) >= 11 is 12.6. The van der Waals surface area contributed by atoms with E-state index in [-0.39, 0.29) is 0 Å². The highest BCUT2D eigenvalue weighted by Gasteiger charge is 2.22. The molecule has 0 N–H and O–H groups in total. The third-order valence-corrected chi connectivity index (χ3v) is 4.90. The minimum absolute atomic E-state index is 0.409. The molecular formula is C21H19Cl2NO2. The number of aromatic nitrogens is 1. The molecule has 0 bridgehead atoms. The van der Waals surface area contributed by atoms with Crippen molar-refractivity contribution in [3.05, 3.63) is 74.9 Å². The van der Waals surface area contributed by atoms with Gasteiger partial charge in [-0.15, -0.1) is 0 Å². The van der Waals surface area contributed by atoms with Crippen molar-refractivity contribution in [1.29, 1.82) is 0 Å². The molecule has 0 aliphatic rings. The molecular weight excluding hydrogens is 369 g/mol. The predicted molar refractivity (Wildman–Crippen MR) is 107 cm³/mol. The van der Waals surface area contributed by atoms with E-state index in [0.717, 1.165) is 33.6 Å². The van der Waals surface area contributed by atoms with E-state index in [1.165, 1.54) is 7.11 Å². The van der Waals surface area contributed by atoms with Crippen LogP contribution in [0.15, 0.2) is 42.5 Å². The first-order valence-electron chi connectivity index (χ1n) is 8.17. The fraction of sp³-hybridized carbons (Fsp3) is 0.190. The highest BCUT2D eigenvalue weighted by atomic mass is 35.5. The van der Waals surface area contributed by atoms with Crippen LogP contribution in [0.3, 0.4) is 0 Å². The van der Waals surface area contributed by atoms with Crippen molar-refractivity contribution in [3.8, 4) is 16.9 Å². The number of ether oxygens (including phenoxy) is 1. The van der Waals surface area contributed by atoms with Gasteiger partial charge in [-0.05, 0) is 62.2 Å². The standard InChI is InChI=1S/C21H19Cl2NO2/c1-12-9-13(2)20(14(3)10-12)24-18(7-8-19(24)21(25)26-4)16-11-15(22)5-6-17(16)23/h5-11H,1-4H3. The Labute approximate surface area is 163 Å². The van der Waals surface area contributed by atoms with Gasteiger partial charge in [0.2, 0.25) is 0 Å². The van der Waals surface area contributed by atoms with E-state index in [2.05, 4.69) is 19.1 Å². The Morgan fingerprint density at radius 1 is 0.962 bits per heavy atom. The maximum Gasteiger partial charge on any atom is 0.355 e. The van der Waals surface area contributed by atoms with E-state index in [0.29, 0.717) is 15.7 Å². The summed E-state index contributed by atoms with van der Waals surface area (Å²) < 4.78 is 6.88. The van der Waals surface area contributed by atoms with Crippen LogP contribution in [0.1, 0.15) is 27.2 Å². The van der Waals surface area contributed by atoms with Crippen LogP contribution < -0.4 is 0 Å². The SMILES string of the molecule is COC(=O)c1ccc(-c2cc(Cl)ccc2Cl)n1-c1c(C)cc(C)cc1C. The lowest BCUT2D eigenvalue weighted by molar-refractivity contribution is 0.0592. The van der Waals surface area contributed by atoms with Crippen LogP contribution in [0.4, 0.5) is 0 Å². The zero-order valence-corrected chi connectivity index (χ0v) is 16.6. The molecule has 0 fully saturated rings. The molecule has 26 heavy (non-hydrogen) atoms. The number of methoxy groups -OCH3 is 1. The first-order valence-corrected chi connectivity index (χ1v) is 8.92. The molecule has 0 aliphatic carbocycles. The van der Waals surface area contributed by atoms with E-state index >= 15 is 0 Å². The Morgan fingerprint density at radius 3 is 2.23 bits per heavy atom. The average molecular weight is 388 g/mol. The zero-order chi connectivity index (χ0) is 19.0. The van der Waals surface area contributed by atoms with Gasteiger partial charge in [-0.2, -0.15) is 0 Å². The number of benzene rings is 2. The second-order valence-corrected chi connectivity index (χ2v) is 7.15. The van der Waals surface area contributed by atoms with Crippen molar-refractivity contribution in [1.82, 2.24) is 4.57 Å². The number of hydrogen-bond acceptors (Lipinski definition) is 2. The van der Waals surface area contributed by atoms with E-state index in [4.69, 9.17) is 27.9 Å². The molecule has 2 aromatic carbocycles. The Bertz CT molecular complexity index is 982. The zero-order valence-electron chi connectivity index (χ0n) is 15.1. The average Bonchev–Trinajstić information content (AvgIpc) is 3.00. The fourth-order valence-electron chi connectivity index (χ4n) is 3.37. The Hall–Kier alpha value is -2.23.